The minimum Gasteiger partial charge on any atom is -0.482 e. The number of nitro groups is 1. The second-order valence-electron chi connectivity index (χ2n) is 8.73. The molecule has 4 aromatic rings. The van der Waals surface area contributed by atoms with Crippen LogP contribution >= 0.6 is 0 Å². The average Bonchev–Trinajstić information content (AvgIpc) is 2.93. The van der Waals surface area contributed by atoms with Gasteiger partial charge in [-0.2, -0.15) is 0 Å². The van der Waals surface area contributed by atoms with Crippen molar-refractivity contribution in [1.29, 1.82) is 0 Å². The summed E-state index contributed by atoms with van der Waals surface area (Å²) in [5.41, 5.74) is -0.491. The van der Waals surface area contributed by atoms with Crippen molar-refractivity contribution in [1.82, 2.24) is 0 Å². The van der Waals surface area contributed by atoms with Gasteiger partial charge in [-0.1, -0.05) is 48.2 Å². The van der Waals surface area contributed by atoms with Gasteiger partial charge >= 0.3 is 5.97 Å². The Balaban J connectivity index is 1.37. The maximum atomic E-state index is 12.4. The predicted octanol–water partition coefficient (Wildman–Crippen LogP) is 6.44. The minimum absolute atomic E-state index is 0.0115. The van der Waals surface area contributed by atoms with Crippen molar-refractivity contribution in [3.05, 3.63) is 125 Å². The number of hydrogen-bond donors (Lipinski definition) is 0. The van der Waals surface area contributed by atoms with Gasteiger partial charge in [0.25, 0.3) is 5.69 Å². The summed E-state index contributed by atoms with van der Waals surface area (Å²) in [6, 6.07) is 34.3. The van der Waals surface area contributed by atoms with E-state index in [1.165, 1.54) is 21.9 Å². The van der Waals surface area contributed by atoms with Gasteiger partial charge < -0.3 is 9.47 Å². The molecule has 0 aromatic heterocycles. The summed E-state index contributed by atoms with van der Waals surface area (Å²) in [4.78, 5) is 26.3. The lowest BCUT2D eigenvalue weighted by molar-refractivity contribution is -0.384. The molecule has 0 saturated heterocycles. The van der Waals surface area contributed by atoms with Crippen molar-refractivity contribution < 1.29 is 19.2 Å². The lowest BCUT2D eigenvalue weighted by atomic mass is 10.1. The second-order valence-corrected chi connectivity index (χ2v) is 10.8. The first kappa shape index (κ1) is 26.5. The zero-order valence-corrected chi connectivity index (χ0v) is 21.8. The number of benzene rings is 4. The third-order valence-electron chi connectivity index (χ3n) is 5.33. The summed E-state index contributed by atoms with van der Waals surface area (Å²) in [6.07, 6.45) is 0. The fourth-order valence-corrected chi connectivity index (χ4v) is 5.65. The number of esters is 1. The van der Waals surface area contributed by atoms with Crippen LogP contribution in [0.3, 0.4) is 0 Å². The van der Waals surface area contributed by atoms with E-state index in [1.807, 2.05) is 60.7 Å². The Morgan fingerprint density at radius 2 is 1.34 bits per heavy atom. The first-order valence-corrected chi connectivity index (χ1v) is 13.1. The van der Waals surface area contributed by atoms with Gasteiger partial charge in [-0.3, -0.25) is 10.1 Å². The molecule has 0 bridgehead atoms. The number of carbonyl (C=O) groups excluding carboxylic acids is 1. The fourth-order valence-electron chi connectivity index (χ4n) is 3.56. The van der Waals surface area contributed by atoms with E-state index in [1.54, 1.807) is 26.0 Å². The highest BCUT2D eigenvalue weighted by atomic mass is 32.2. The predicted molar refractivity (Wildman–Crippen MR) is 147 cm³/mol. The van der Waals surface area contributed by atoms with Gasteiger partial charge in [-0.05, 0) is 74.5 Å². The highest BCUT2D eigenvalue weighted by molar-refractivity contribution is 7.97. The lowest BCUT2D eigenvalue weighted by Crippen LogP contribution is -2.29. The maximum Gasteiger partial charge on any atom is 0.345 e. The number of non-ortho nitro benzene ring substituents is 1. The van der Waals surface area contributed by atoms with Crippen molar-refractivity contribution in [3.63, 3.8) is 0 Å². The molecule has 0 N–H and O–H groups in total. The number of nitrogens with zero attached hydrogens (tertiary/aromatic N) is 1. The molecule has 0 heterocycles. The van der Waals surface area contributed by atoms with Gasteiger partial charge in [0, 0.05) is 17.7 Å². The summed E-state index contributed by atoms with van der Waals surface area (Å²) in [7, 11) is -0.267. The van der Waals surface area contributed by atoms with Crippen LogP contribution in [0.4, 0.5) is 5.69 Å². The molecule has 0 atom stereocenters. The Morgan fingerprint density at radius 1 is 0.816 bits per heavy atom. The van der Waals surface area contributed by atoms with Crippen molar-refractivity contribution in [2.75, 3.05) is 6.61 Å². The second kappa shape index (κ2) is 12.1. The molecule has 0 saturated carbocycles. The highest BCUT2D eigenvalue weighted by Crippen LogP contribution is 2.31. The Hall–Kier alpha value is -4.54. The maximum absolute atomic E-state index is 12.4. The zero-order chi connectivity index (χ0) is 27.0. The molecule has 0 spiro atoms. The summed E-state index contributed by atoms with van der Waals surface area (Å²) < 4.78 is 11.2. The molecule has 190 valence electrons. The molecule has 0 amide bonds. The van der Waals surface area contributed by atoms with Crippen LogP contribution in [-0.4, -0.2) is 23.1 Å². The first-order chi connectivity index (χ1) is 18.3. The van der Waals surface area contributed by atoms with Crippen LogP contribution in [0.1, 0.15) is 19.4 Å². The monoisotopic (exact) mass is 524 g/mol. The molecular weight excluding hydrogens is 498 g/mol. The Morgan fingerprint density at radius 3 is 1.87 bits per heavy atom. The van der Waals surface area contributed by atoms with Crippen LogP contribution in [0.25, 0.3) is 0 Å². The van der Waals surface area contributed by atoms with Crippen molar-refractivity contribution in [2.24, 2.45) is 0 Å². The van der Waals surface area contributed by atoms with Crippen molar-refractivity contribution >= 4 is 22.6 Å². The van der Waals surface area contributed by atoms with Crippen molar-refractivity contribution in [3.8, 4) is 17.6 Å². The Bertz CT molecular complexity index is 1400. The minimum atomic E-state index is -1.06. The zero-order valence-electron chi connectivity index (χ0n) is 21.0. The number of hydrogen-bond acceptors (Lipinski definition) is 5. The quantitative estimate of drug-likeness (QED) is 0.0871. The number of rotatable bonds is 8. The molecule has 4 rings (SSSR count). The standard InChI is InChI=1S/C31H26NO5S/c1-31(2,22-21-24-13-15-25(16-14-24)32(34)35)37-30(33)23-36-26-17-19-29(20-18-26)38(27-9-5-3-6-10-27)28-11-7-4-8-12-28/h3-20H,23H2,1-2H3/q+1. The molecule has 0 aliphatic rings. The molecular formula is C31H26NO5S+. The summed E-state index contributed by atoms with van der Waals surface area (Å²) >= 11 is 0. The average molecular weight is 525 g/mol. The third-order valence-corrected chi connectivity index (χ3v) is 7.56. The topological polar surface area (TPSA) is 78.7 Å². The van der Waals surface area contributed by atoms with Crippen LogP contribution in [0, 0.1) is 22.0 Å². The van der Waals surface area contributed by atoms with Crippen LogP contribution < -0.4 is 4.74 Å². The molecule has 0 unspecified atom stereocenters. The van der Waals surface area contributed by atoms with Crippen molar-refractivity contribution in [2.45, 2.75) is 34.1 Å². The third kappa shape index (κ3) is 7.25. The van der Waals surface area contributed by atoms with E-state index in [9.17, 15) is 14.9 Å². The van der Waals surface area contributed by atoms with Gasteiger partial charge in [-0.25, -0.2) is 4.79 Å². The molecule has 0 radical (unpaired) electrons. The van der Waals surface area contributed by atoms with Gasteiger partial charge in [-0.15, -0.1) is 0 Å². The molecule has 0 fully saturated rings. The van der Waals surface area contributed by atoms with Gasteiger partial charge in [0.2, 0.25) is 0 Å². The van der Waals surface area contributed by atoms with Gasteiger partial charge in [0.15, 0.2) is 26.9 Å². The summed E-state index contributed by atoms with van der Waals surface area (Å²) in [5, 5.41) is 10.8. The Labute approximate surface area is 224 Å². The van der Waals surface area contributed by atoms with E-state index in [-0.39, 0.29) is 23.2 Å². The number of ether oxygens (including phenoxy) is 2. The van der Waals surface area contributed by atoms with Crippen LogP contribution in [0.15, 0.2) is 124 Å². The van der Waals surface area contributed by atoms with E-state index in [4.69, 9.17) is 9.47 Å². The van der Waals surface area contributed by atoms with E-state index < -0.39 is 16.5 Å². The number of carbonyl (C=O) groups is 1. The lowest BCUT2D eigenvalue weighted by Gasteiger charge is -2.19. The smallest absolute Gasteiger partial charge is 0.345 e. The first-order valence-electron chi connectivity index (χ1n) is 11.9. The molecule has 6 nitrogen and oxygen atoms in total. The van der Waals surface area contributed by atoms with Gasteiger partial charge in [0.1, 0.15) is 5.75 Å². The molecule has 4 aromatic carbocycles. The fraction of sp³-hybridized carbons (Fsp3) is 0.129. The van der Waals surface area contributed by atoms with E-state index in [0.29, 0.717) is 11.3 Å². The summed E-state index contributed by atoms with van der Waals surface area (Å²) in [5.74, 6) is 5.78. The molecule has 38 heavy (non-hydrogen) atoms. The highest BCUT2D eigenvalue weighted by Gasteiger charge is 2.28. The van der Waals surface area contributed by atoms with Gasteiger partial charge in [0.05, 0.1) is 15.8 Å². The van der Waals surface area contributed by atoms with E-state index in [0.717, 1.165) is 4.90 Å². The van der Waals surface area contributed by atoms with Crippen LogP contribution in [-0.2, 0) is 20.4 Å². The SMILES string of the molecule is CC(C)(C#Cc1ccc([N+](=O)[O-])cc1)OC(=O)COc1ccc([S+](c2ccccc2)c2ccccc2)cc1. The number of nitro benzene ring substituents is 1. The largest absolute Gasteiger partial charge is 0.482 e. The van der Waals surface area contributed by atoms with E-state index >= 15 is 0 Å². The summed E-state index contributed by atoms with van der Waals surface area (Å²) in [6.45, 7) is 3.09. The molecule has 7 heteroatoms. The Kier molecular flexibility index (Phi) is 8.47. The van der Waals surface area contributed by atoms with E-state index in [2.05, 4.69) is 36.1 Å². The normalized spacial score (nSPS) is 10.8. The van der Waals surface area contributed by atoms with Crippen LogP contribution in [0.5, 0.6) is 5.75 Å². The molecule has 0 aliphatic carbocycles. The molecule has 0 aliphatic heterocycles. The van der Waals surface area contributed by atoms with Crippen LogP contribution in [0.2, 0.25) is 0 Å².